The van der Waals surface area contributed by atoms with Crippen molar-refractivity contribution in [3.8, 4) is 0 Å². The molecule has 1 N–H and O–H groups in total. The van der Waals surface area contributed by atoms with Crippen LogP contribution in [-0.4, -0.2) is 31.1 Å². The van der Waals surface area contributed by atoms with Gasteiger partial charge in [0.05, 0.1) is 0 Å². The van der Waals surface area contributed by atoms with Gasteiger partial charge in [-0.15, -0.1) is 0 Å². The zero-order chi connectivity index (χ0) is 15.1. The molecule has 1 fully saturated rings. The molecule has 1 saturated carbocycles. The second-order valence-electron chi connectivity index (χ2n) is 6.23. The van der Waals surface area contributed by atoms with Crippen molar-refractivity contribution in [2.75, 3.05) is 20.1 Å². The molecule has 1 aliphatic rings. The van der Waals surface area contributed by atoms with Crippen LogP contribution >= 0.6 is 0 Å². The molecule has 2 nitrogen and oxygen atoms in total. The summed E-state index contributed by atoms with van der Waals surface area (Å²) in [7, 11) is 2.24. The Morgan fingerprint density at radius 2 is 2.05 bits per heavy atom. The smallest absolute Gasteiger partial charge is 0.123 e. The summed E-state index contributed by atoms with van der Waals surface area (Å²) in [5.74, 6) is -0.143. The molecule has 1 aliphatic carbocycles. The van der Waals surface area contributed by atoms with E-state index in [1.807, 2.05) is 6.07 Å². The van der Waals surface area contributed by atoms with Gasteiger partial charge in [0.2, 0.25) is 0 Å². The molecule has 0 aromatic heterocycles. The number of rotatable bonds is 7. The summed E-state index contributed by atoms with van der Waals surface area (Å²) in [5.41, 5.74) is 1.06. The Kier molecular flexibility index (Phi) is 6.65. The van der Waals surface area contributed by atoms with E-state index in [0.29, 0.717) is 0 Å². The highest BCUT2D eigenvalue weighted by Crippen LogP contribution is 2.23. The average molecular weight is 292 g/mol. The van der Waals surface area contributed by atoms with Crippen molar-refractivity contribution in [3.05, 3.63) is 35.6 Å². The molecule has 0 bridgehead atoms. The van der Waals surface area contributed by atoms with E-state index < -0.39 is 0 Å². The second-order valence-corrected chi connectivity index (χ2v) is 6.23. The fourth-order valence-corrected chi connectivity index (χ4v) is 3.39. The average Bonchev–Trinajstić information content (AvgIpc) is 2.52. The Hall–Kier alpha value is -0.930. The zero-order valence-electron chi connectivity index (χ0n) is 13.4. The molecule has 1 unspecified atom stereocenters. The normalized spacial score (nSPS) is 18.1. The van der Waals surface area contributed by atoms with Crippen molar-refractivity contribution < 1.29 is 4.39 Å². The van der Waals surface area contributed by atoms with Gasteiger partial charge < -0.3 is 10.2 Å². The molecule has 0 spiro atoms. The highest BCUT2D eigenvalue weighted by Gasteiger charge is 2.19. The molecule has 0 amide bonds. The number of hydrogen-bond donors (Lipinski definition) is 1. The Morgan fingerprint density at radius 3 is 2.71 bits per heavy atom. The lowest BCUT2D eigenvalue weighted by Gasteiger charge is -2.32. The van der Waals surface area contributed by atoms with Gasteiger partial charge in [0.15, 0.2) is 0 Å². The van der Waals surface area contributed by atoms with Gasteiger partial charge in [-0.05, 0) is 57.1 Å². The van der Waals surface area contributed by atoms with Crippen LogP contribution in [0.1, 0.15) is 57.1 Å². The lowest BCUT2D eigenvalue weighted by Crippen LogP contribution is -2.36. The maximum absolute atomic E-state index is 13.4. The fourth-order valence-electron chi connectivity index (χ4n) is 3.39. The van der Waals surface area contributed by atoms with E-state index in [2.05, 4.69) is 24.2 Å². The topological polar surface area (TPSA) is 15.3 Å². The summed E-state index contributed by atoms with van der Waals surface area (Å²) in [6.07, 6.45) is 7.84. The van der Waals surface area contributed by atoms with Gasteiger partial charge in [-0.2, -0.15) is 0 Å². The quantitative estimate of drug-likeness (QED) is 0.813. The van der Waals surface area contributed by atoms with Crippen LogP contribution < -0.4 is 5.32 Å². The summed E-state index contributed by atoms with van der Waals surface area (Å²) in [6, 6.07) is 8.00. The van der Waals surface area contributed by atoms with Crippen LogP contribution in [0.4, 0.5) is 4.39 Å². The van der Waals surface area contributed by atoms with E-state index in [4.69, 9.17) is 0 Å². The standard InChI is InChI=1S/C18H29FN2/c1-3-20-18(15-8-7-9-16(19)14-15)12-13-21(2)17-10-5-4-6-11-17/h7-9,14,17-18,20H,3-6,10-13H2,1-2H3. The number of hydrogen-bond acceptors (Lipinski definition) is 2. The monoisotopic (exact) mass is 292 g/mol. The molecule has 21 heavy (non-hydrogen) atoms. The number of nitrogens with one attached hydrogen (secondary N) is 1. The van der Waals surface area contributed by atoms with Crippen LogP contribution in [0.5, 0.6) is 0 Å². The zero-order valence-corrected chi connectivity index (χ0v) is 13.4. The van der Waals surface area contributed by atoms with Crippen molar-refractivity contribution >= 4 is 0 Å². The second kappa shape index (κ2) is 8.50. The van der Waals surface area contributed by atoms with Crippen LogP contribution in [0.15, 0.2) is 24.3 Å². The van der Waals surface area contributed by atoms with Gasteiger partial charge >= 0.3 is 0 Å². The molecular weight excluding hydrogens is 263 g/mol. The molecule has 1 aromatic carbocycles. The van der Waals surface area contributed by atoms with E-state index in [0.717, 1.165) is 31.1 Å². The minimum atomic E-state index is -0.143. The fraction of sp³-hybridized carbons (Fsp3) is 0.667. The number of nitrogens with zero attached hydrogens (tertiary/aromatic N) is 1. The summed E-state index contributed by atoms with van der Waals surface area (Å²) < 4.78 is 13.4. The van der Waals surface area contributed by atoms with Crippen molar-refractivity contribution in [2.45, 2.75) is 57.5 Å². The molecule has 0 saturated heterocycles. The molecule has 0 heterocycles. The molecule has 118 valence electrons. The van der Waals surface area contributed by atoms with Crippen LogP contribution in [0, 0.1) is 5.82 Å². The van der Waals surface area contributed by atoms with Crippen LogP contribution in [0.25, 0.3) is 0 Å². The molecule has 1 aromatic rings. The first-order valence-corrected chi connectivity index (χ1v) is 8.39. The summed E-state index contributed by atoms with van der Waals surface area (Å²) in [6.45, 7) is 4.09. The largest absolute Gasteiger partial charge is 0.310 e. The molecule has 0 aliphatic heterocycles. The van der Waals surface area contributed by atoms with Crippen LogP contribution in [0.2, 0.25) is 0 Å². The first kappa shape index (κ1) is 16.4. The predicted octanol–water partition coefficient (Wildman–Crippen LogP) is 4.13. The van der Waals surface area contributed by atoms with Crippen molar-refractivity contribution in [1.29, 1.82) is 0 Å². The number of benzene rings is 1. The van der Waals surface area contributed by atoms with E-state index in [9.17, 15) is 4.39 Å². The van der Waals surface area contributed by atoms with Gasteiger partial charge in [0.25, 0.3) is 0 Å². The third-order valence-electron chi connectivity index (χ3n) is 4.67. The third-order valence-corrected chi connectivity index (χ3v) is 4.67. The van der Waals surface area contributed by atoms with Crippen molar-refractivity contribution in [3.63, 3.8) is 0 Å². The number of halogens is 1. The lowest BCUT2D eigenvalue weighted by molar-refractivity contribution is 0.183. The molecule has 0 radical (unpaired) electrons. The molecule has 2 rings (SSSR count). The summed E-state index contributed by atoms with van der Waals surface area (Å²) in [5, 5.41) is 3.49. The summed E-state index contributed by atoms with van der Waals surface area (Å²) >= 11 is 0. The SMILES string of the molecule is CCNC(CCN(C)C1CCCCC1)c1cccc(F)c1. The first-order valence-electron chi connectivity index (χ1n) is 8.39. The minimum absolute atomic E-state index is 0.143. The van der Waals surface area contributed by atoms with E-state index in [-0.39, 0.29) is 11.9 Å². The van der Waals surface area contributed by atoms with Gasteiger partial charge in [-0.3, -0.25) is 0 Å². The van der Waals surface area contributed by atoms with E-state index in [1.54, 1.807) is 12.1 Å². The predicted molar refractivity (Wildman–Crippen MR) is 86.9 cm³/mol. The Morgan fingerprint density at radius 1 is 1.29 bits per heavy atom. The lowest BCUT2D eigenvalue weighted by atomic mass is 9.94. The Labute approximate surface area is 128 Å². The van der Waals surface area contributed by atoms with Gasteiger partial charge in [-0.1, -0.05) is 38.3 Å². The highest BCUT2D eigenvalue weighted by molar-refractivity contribution is 5.20. The molecular formula is C18H29FN2. The van der Waals surface area contributed by atoms with Crippen molar-refractivity contribution in [1.82, 2.24) is 10.2 Å². The van der Waals surface area contributed by atoms with Gasteiger partial charge in [-0.25, -0.2) is 4.39 Å². The maximum atomic E-state index is 13.4. The van der Waals surface area contributed by atoms with Crippen LogP contribution in [0.3, 0.4) is 0 Å². The molecule has 1 atom stereocenters. The van der Waals surface area contributed by atoms with Gasteiger partial charge in [0.1, 0.15) is 5.82 Å². The van der Waals surface area contributed by atoms with E-state index in [1.165, 1.54) is 38.2 Å². The first-order chi connectivity index (χ1) is 10.2. The third kappa shape index (κ3) is 5.08. The Bertz CT molecular complexity index is 415. The highest BCUT2D eigenvalue weighted by atomic mass is 19.1. The summed E-state index contributed by atoms with van der Waals surface area (Å²) in [4.78, 5) is 2.50. The van der Waals surface area contributed by atoms with Crippen LogP contribution in [-0.2, 0) is 0 Å². The van der Waals surface area contributed by atoms with E-state index >= 15 is 0 Å². The Balaban J connectivity index is 1.90. The van der Waals surface area contributed by atoms with Crippen molar-refractivity contribution in [2.24, 2.45) is 0 Å². The molecule has 3 heteroatoms. The van der Waals surface area contributed by atoms with Gasteiger partial charge in [0, 0.05) is 12.1 Å². The minimum Gasteiger partial charge on any atom is -0.310 e. The maximum Gasteiger partial charge on any atom is 0.123 e.